The fraction of sp³-hybridized carbons (Fsp3) is 0.609. The van der Waals surface area contributed by atoms with E-state index >= 15 is 0 Å². The van der Waals surface area contributed by atoms with Crippen LogP contribution in [-0.4, -0.2) is 38.6 Å². The average Bonchev–Trinajstić information content (AvgIpc) is 3.26. The summed E-state index contributed by atoms with van der Waals surface area (Å²) < 4.78 is 1.57. The molecule has 8 heteroatoms. The van der Waals surface area contributed by atoms with Crippen molar-refractivity contribution in [3.8, 4) is 5.69 Å². The molecule has 2 amide bonds. The van der Waals surface area contributed by atoms with Gasteiger partial charge in [-0.3, -0.25) is 9.59 Å². The molecule has 0 saturated heterocycles. The number of hydrogen-bond donors (Lipinski definition) is 2. The van der Waals surface area contributed by atoms with Crippen molar-refractivity contribution in [2.75, 3.05) is 11.9 Å². The number of hydrogen-bond acceptors (Lipinski definition) is 5. The number of amides is 2. The number of rotatable bonds is 7. The number of nitrogens with zero attached hydrogens (tertiary/aromatic N) is 4. The lowest BCUT2D eigenvalue weighted by Gasteiger charge is -2.55. The summed E-state index contributed by atoms with van der Waals surface area (Å²) in [6, 6.07) is 5.64. The van der Waals surface area contributed by atoms with Gasteiger partial charge in [-0.15, -0.1) is 5.10 Å². The molecule has 164 valence electrons. The second kappa shape index (κ2) is 8.05. The largest absolute Gasteiger partial charge is 0.356 e. The predicted octanol–water partition coefficient (Wildman–Crippen LogP) is 3.02. The van der Waals surface area contributed by atoms with Gasteiger partial charge in [0.15, 0.2) is 0 Å². The van der Waals surface area contributed by atoms with E-state index in [0.29, 0.717) is 19.4 Å². The minimum atomic E-state index is -0.120. The van der Waals surface area contributed by atoms with Crippen LogP contribution in [0.4, 0.5) is 5.69 Å². The Labute approximate surface area is 182 Å². The van der Waals surface area contributed by atoms with E-state index in [2.05, 4.69) is 26.2 Å². The van der Waals surface area contributed by atoms with Crippen LogP contribution in [0.1, 0.15) is 56.9 Å². The molecule has 4 saturated carbocycles. The second-order valence-corrected chi connectivity index (χ2v) is 9.81. The van der Waals surface area contributed by atoms with Gasteiger partial charge < -0.3 is 10.6 Å². The number of nitrogens with one attached hydrogen (secondary N) is 2. The predicted molar refractivity (Wildman–Crippen MR) is 115 cm³/mol. The molecule has 4 aliphatic carbocycles. The molecular formula is C23H30N6O2. The zero-order chi connectivity index (χ0) is 21.4. The molecule has 0 atom stereocenters. The Morgan fingerprint density at radius 2 is 1.84 bits per heavy atom. The molecular weight excluding hydrogens is 392 g/mol. The highest BCUT2D eigenvalue weighted by atomic mass is 16.2. The van der Waals surface area contributed by atoms with Crippen LogP contribution in [0.25, 0.3) is 5.69 Å². The van der Waals surface area contributed by atoms with Gasteiger partial charge in [-0.25, -0.2) is 4.68 Å². The number of tetrazole rings is 1. The van der Waals surface area contributed by atoms with Gasteiger partial charge in [0.25, 0.3) is 0 Å². The molecule has 0 aliphatic heterocycles. The topological polar surface area (TPSA) is 102 Å². The third-order valence-corrected chi connectivity index (χ3v) is 7.56. The molecule has 4 bridgehead atoms. The van der Waals surface area contributed by atoms with Crippen molar-refractivity contribution in [2.45, 2.75) is 58.3 Å². The van der Waals surface area contributed by atoms with E-state index in [1.54, 1.807) is 4.68 Å². The lowest BCUT2D eigenvalue weighted by molar-refractivity contribution is -0.146. The van der Waals surface area contributed by atoms with E-state index in [0.717, 1.165) is 54.0 Å². The van der Waals surface area contributed by atoms with Crippen LogP contribution in [0, 0.1) is 30.1 Å². The Balaban J connectivity index is 1.11. The standard InChI is InChI=1S/C23H30N6O2/c1-15-19(4-2-5-20(15)29-14-25-27-28-29)26-21(30)6-3-7-24-22(31)23-11-16-8-17(12-23)10-18(9-16)13-23/h2,4-5,14,16-18H,3,6-13H2,1H3,(H,24,31)(H,26,30). The van der Waals surface area contributed by atoms with Gasteiger partial charge in [0, 0.05) is 24.1 Å². The number of carbonyl (C=O) groups excluding carboxylic acids is 2. The van der Waals surface area contributed by atoms with Crippen molar-refractivity contribution in [2.24, 2.45) is 23.2 Å². The third-order valence-electron chi connectivity index (χ3n) is 7.56. The highest BCUT2D eigenvalue weighted by Gasteiger charge is 2.54. The number of aromatic nitrogens is 4. The second-order valence-electron chi connectivity index (χ2n) is 9.81. The van der Waals surface area contributed by atoms with Gasteiger partial charge >= 0.3 is 0 Å². The summed E-state index contributed by atoms with van der Waals surface area (Å²) in [6.45, 7) is 2.48. The van der Waals surface area contributed by atoms with E-state index in [1.807, 2.05) is 25.1 Å². The van der Waals surface area contributed by atoms with Gasteiger partial charge in [0.2, 0.25) is 11.8 Å². The Morgan fingerprint density at radius 3 is 2.48 bits per heavy atom. The van der Waals surface area contributed by atoms with Crippen LogP contribution in [0.5, 0.6) is 0 Å². The van der Waals surface area contributed by atoms with Crippen molar-refractivity contribution < 1.29 is 9.59 Å². The SMILES string of the molecule is Cc1c(NC(=O)CCCNC(=O)C23CC4CC(CC(C4)C2)C3)cccc1-n1cnnn1. The minimum absolute atomic E-state index is 0.0546. The van der Waals surface area contributed by atoms with Crippen LogP contribution in [0.2, 0.25) is 0 Å². The van der Waals surface area contributed by atoms with Crippen LogP contribution in [-0.2, 0) is 9.59 Å². The molecule has 6 rings (SSSR count). The maximum Gasteiger partial charge on any atom is 0.226 e. The zero-order valence-corrected chi connectivity index (χ0v) is 18.0. The molecule has 8 nitrogen and oxygen atoms in total. The van der Waals surface area contributed by atoms with Gasteiger partial charge in [0.05, 0.1) is 5.69 Å². The van der Waals surface area contributed by atoms with Gasteiger partial charge in [-0.1, -0.05) is 6.07 Å². The normalized spacial score (nSPS) is 28.5. The first kappa shape index (κ1) is 20.2. The highest BCUT2D eigenvalue weighted by Crippen LogP contribution is 2.60. The summed E-state index contributed by atoms with van der Waals surface area (Å²) in [6.07, 6.45) is 9.75. The molecule has 2 N–H and O–H groups in total. The van der Waals surface area contributed by atoms with E-state index in [9.17, 15) is 9.59 Å². The summed E-state index contributed by atoms with van der Waals surface area (Å²) in [5, 5.41) is 17.4. The maximum absolute atomic E-state index is 13.0. The lowest BCUT2D eigenvalue weighted by Crippen LogP contribution is -2.53. The molecule has 1 aromatic heterocycles. The van der Waals surface area contributed by atoms with Gasteiger partial charge in [0.1, 0.15) is 6.33 Å². The summed E-state index contributed by atoms with van der Waals surface area (Å²) in [5.74, 6) is 2.46. The smallest absolute Gasteiger partial charge is 0.226 e. The lowest BCUT2D eigenvalue weighted by atomic mass is 9.49. The first-order chi connectivity index (χ1) is 15.0. The number of anilines is 1. The molecule has 4 fully saturated rings. The van der Waals surface area contributed by atoms with Crippen molar-refractivity contribution in [1.82, 2.24) is 25.5 Å². The van der Waals surface area contributed by atoms with Gasteiger partial charge in [-0.2, -0.15) is 0 Å². The van der Waals surface area contributed by atoms with Crippen molar-refractivity contribution in [3.05, 3.63) is 30.1 Å². The fourth-order valence-electron chi connectivity index (χ4n) is 6.52. The Hall–Kier alpha value is -2.77. The van der Waals surface area contributed by atoms with Crippen molar-refractivity contribution in [1.29, 1.82) is 0 Å². The van der Waals surface area contributed by atoms with Crippen molar-refractivity contribution in [3.63, 3.8) is 0 Å². The molecule has 0 spiro atoms. The molecule has 1 aromatic carbocycles. The molecule has 0 unspecified atom stereocenters. The summed E-state index contributed by atoms with van der Waals surface area (Å²) in [4.78, 5) is 25.5. The van der Waals surface area contributed by atoms with E-state index in [-0.39, 0.29) is 17.2 Å². The molecule has 4 aliphatic rings. The molecule has 0 radical (unpaired) electrons. The maximum atomic E-state index is 13.0. The number of benzene rings is 1. The Bertz CT molecular complexity index is 935. The van der Waals surface area contributed by atoms with E-state index < -0.39 is 0 Å². The van der Waals surface area contributed by atoms with Crippen molar-refractivity contribution >= 4 is 17.5 Å². The molecule has 31 heavy (non-hydrogen) atoms. The quantitative estimate of drug-likeness (QED) is 0.668. The summed E-state index contributed by atoms with van der Waals surface area (Å²) >= 11 is 0. The summed E-state index contributed by atoms with van der Waals surface area (Å²) in [7, 11) is 0. The van der Waals surface area contributed by atoms with E-state index in [4.69, 9.17) is 0 Å². The van der Waals surface area contributed by atoms with Crippen LogP contribution < -0.4 is 10.6 Å². The summed E-state index contributed by atoms with van der Waals surface area (Å²) in [5.41, 5.74) is 2.35. The van der Waals surface area contributed by atoms with Crippen LogP contribution >= 0.6 is 0 Å². The zero-order valence-electron chi connectivity index (χ0n) is 18.0. The average molecular weight is 423 g/mol. The Kier molecular flexibility index (Phi) is 5.24. The van der Waals surface area contributed by atoms with E-state index in [1.165, 1.54) is 25.6 Å². The van der Waals surface area contributed by atoms with Gasteiger partial charge in [-0.05, 0) is 97.7 Å². The third kappa shape index (κ3) is 3.95. The van der Waals surface area contributed by atoms with Crippen LogP contribution in [0.15, 0.2) is 24.5 Å². The first-order valence-electron chi connectivity index (χ1n) is 11.4. The van der Waals surface area contributed by atoms with Crippen LogP contribution in [0.3, 0.4) is 0 Å². The fourth-order valence-corrected chi connectivity index (χ4v) is 6.52. The Morgan fingerprint density at radius 1 is 1.13 bits per heavy atom. The molecule has 1 heterocycles. The first-order valence-corrected chi connectivity index (χ1v) is 11.4. The molecule has 2 aromatic rings. The monoisotopic (exact) mass is 422 g/mol. The highest BCUT2D eigenvalue weighted by molar-refractivity contribution is 5.92. The minimum Gasteiger partial charge on any atom is -0.356 e. The number of carbonyl (C=O) groups is 2.